The molecule has 0 aromatic heterocycles. The number of rotatable bonds is 3. The molecule has 0 aromatic carbocycles. The first kappa shape index (κ1) is 15.4. The largest absolute Gasteiger partial charge is 0.466 e. The Bertz CT molecular complexity index is 317. The van der Waals surface area contributed by atoms with Crippen LogP contribution in [0.3, 0.4) is 0 Å². The molecule has 1 N–H and O–H groups in total. The molecular formula is C11H20N2O4. The third kappa shape index (κ3) is 3.44. The first-order valence-corrected chi connectivity index (χ1v) is 5.66. The van der Waals surface area contributed by atoms with Crippen LogP contribution in [0.1, 0.15) is 34.1 Å². The quantitative estimate of drug-likeness (QED) is 0.591. The molecule has 1 fully saturated rings. The topological polar surface area (TPSA) is 75.7 Å². The zero-order valence-corrected chi connectivity index (χ0v) is 11.0. The first-order valence-electron chi connectivity index (χ1n) is 5.66. The lowest BCUT2D eigenvalue weighted by Crippen LogP contribution is -2.45. The molecule has 3 amide bonds. The number of hydrogen-bond donors (Lipinski definition) is 1. The fourth-order valence-electron chi connectivity index (χ4n) is 1.46. The van der Waals surface area contributed by atoms with Gasteiger partial charge in [0.1, 0.15) is 5.54 Å². The SMILES string of the molecule is CC.CCOC(=O)CC1(C)NC(=O)N(C)C1=O. The van der Waals surface area contributed by atoms with Crippen molar-refractivity contribution in [2.45, 2.75) is 39.7 Å². The van der Waals surface area contributed by atoms with E-state index in [0.717, 1.165) is 4.90 Å². The summed E-state index contributed by atoms with van der Waals surface area (Å²) in [5, 5.41) is 2.46. The van der Waals surface area contributed by atoms with Crippen molar-refractivity contribution in [3.63, 3.8) is 0 Å². The Morgan fingerprint density at radius 1 is 1.41 bits per heavy atom. The molecule has 1 unspecified atom stereocenters. The number of urea groups is 1. The summed E-state index contributed by atoms with van der Waals surface area (Å²) in [6, 6.07) is -0.494. The van der Waals surface area contributed by atoms with Crippen LogP contribution in [-0.2, 0) is 14.3 Å². The molecule has 0 radical (unpaired) electrons. The number of imide groups is 1. The second kappa shape index (κ2) is 6.22. The van der Waals surface area contributed by atoms with E-state index >= 15 is 0 Å². The molecule has 0 bridgehead atoms. The molecule has 1 heterocycles. The lowest BCUT2D eigenvalue weighted by atomic mass is 9.98. The van der Waals surface area contributed by atoms with Crippen LogP contribution in [0.2, 0.25) is 0 Å². The van der Waals surface area contributed by atoms with E-state index in [1.165, 1.54) is 14.0 Å². The van der Waals surface area contributed by atoms with Gasteiger partial charge < -0.3 is 10.1 Å². The van der Waals surface area contributed by atoms with E-state index in [0.29, 0.717) is 0 Å². The van der Waals surface area contributed by atoms with Gasteiger partial charge >= 0.3 is 12.0 Å². The Morgan fingerprint density at radius 2 is 1.94 bits per heavy atom. The first-order chi connectivity index (χ1) is 7.90. The highest BCUT2D eigenvalue weighted by atomic mass is 16.5. The van der Waals surface area contributed by atoms with Crippen molar-refractivity contribution in [3.8, 4) is 0 Å². The van der Waals surface area contributed by atoms with Gasteiger partial charge in [-0.3, -0.25) is 14.5 Å². The van der Waals surface area contributed by atoms with Gasteiger partial charge in [0.2, 0.25) is 0 Å². The minimum atomic E-state index is -1.17. The maximum absolute atomic E-state index is 11.6. The number of carbonyl (C=O) groups excluding carboxylic acids is 3. The summed E-state index contributed by atoms with van der Waals surface area (Å²) in [6.07, 6.45) is -0.143. The maximum atomic E-state index is 11.6. The predicted octanol–water partition coefficient (Wildman–Crippen LogP) is 0.906. The van der Waals surface area contributed by atoms with Gasteiger partial charge in [0.15, 0.2) is 0 Å². The average molecular weight is 244 g/mol. The van der Waals surface area contributed by atoms with Crippen LogP contribution in [-0.4, -0.2) is 42.0 Å². The summed E-state index contributed by atoms with van der Waals surface area (Å²) >= 11 is 0. The number of nitrogens with zero attached hydrogens (tertiary/aromatic N) is 1. The maximum Gasteiger partial charge on any atom is 0.324 e. The Hall–Kier alpha value is -1.59. The van der Waals surface area contributed by atoms with Crippen molar-refractivity contribution in [1.82, 2.24) is 10.2 Å². The van der Waals surface area contributed by atoms with E-state index in [1.54, 1.807) is 6.92 Å². The highest BCUT2D eigenvalue weighted by molar-refractivity contribution is 6.07. The molecule has 0 aliphatic carbocycles. The van der Waals surface area contributed by atoms with Crippen LogP contribution in [0.15, 0.2) is 0 Å². The molecular weight excluding hydrogens is 224 g/mol. The van der Waals surface area contributed by atoms with Gasteiger partial charge in [-0.2, -0.15) is 0 Å². The third-order valence-electron chi connectivity index (χ3n) is 2.27. The van der Waals surface area contributed by atoms with E-state index in [2.05, 4.69) is 5.32 Å². The lowest BCUT2D eigenvalue weighted by Gasteiger charge is -2.19. The van der Waals surface area contributed by atoms with Gasteiger partial charge in [-0.1, -0.05) is 13.8 Å². The number of esters is 1. The molecule has 1 rings (SSSR count). The smallest absolute Gasteiger partial charge is 0.324 e. The van der Waals surface area contributed by atoms with Crippen LogP contribution in [0.5, 0.6) is 0 Å². The van der Waals surface area contributed by atoms with E-state index < -0.39 is 23.4 Å². The van der Waals surface area contributed by atoms with Crippen LogP contribution in [0.4, 0.5) is 4.79 Å². The number of nitrogens with one attached hydrogen (secondary N) is 1. The summed E-state index contributed by atoms with van der Waals surface area (Å²) in [7, 11) is 1.37. The summed E-state index contributed by atoms with van der Waals surface area (Å²) in [4.78, 5) is 35.0. The third-order valence-corrected chi connectivity index (χ3v) is 2.27. The number of ether oxygens (including phenoxy) is 1. The van der Waals surface area contributed by atoms with E-state index in [9.17, 15) is 14.4 Å². The molecule has 0 spiro atoms. The van der Waals surface area contributed by atoms with Crippen LogP contribution in [0, 0.1) is 0 Å². The molecule has 0 aromatic rings. The molecule has 0 saturated carbocycles. The normalized spacial score (nSPS) is 22.8. The Morgan fingerprint density at radius 3 is 2.29 bits per heavy atom. The van der Waals surface area contributed by atoms with Crippen molar-refractivity contribution >= 4 is 17.9 Å². The molecule has 1 aliphatic heterocycles. The van der Waals surface area contributed by atoms with E-state index in [4.69, 9.17) is 4.74 Å². The predicted molar refractivity (Wildman–Crippen MR) is 62.3 cm³/mol. The highest BCUT2D eigenvalue weighted by Crippen LogP contribution is 2.20. The van der Waals surface area contributed by atoms with Gasteiger partial charge in [-0.25, -0.2) is 4.79 Å². The molecule has 6 nitrogen and oxygen atoms in total. The highest BCUT2D eigenvalue weighted by Gasteiger charge is 2.47. The Balaban J connectivity index is 0.00000121. The van der Waals surface area contributed by atoms with Gasteiger partial charge in [-0.15, -0.1) is 0 Å². The zero-order chi connectivity index (χ0) is 13.6. The molecule has 1 saturated heterocycles. The van der Waals surface area contributed by atoms with Gasteiger partial charge in [0, 0.05) is 7.05 Å². The van der Waals surface area contributed by atoms with Crippen molar-refractivity contribution < 1.29 is 19.1 Å². The van der Waals surface area contributed by atoms with E-state index in [-0.39, 0.29) is 13.0 Å². The molecule has 17 heavy (non-hydrogen) atoms. The van der Waals surface area contributed by atoms with Gasteiger partial charge in [0.25, 0.3) is 5.91 Å². The second-order valence-electron chi connectivity index (χ2n) is 3.61. The monoisotopic (exact) mass is 244 g/mol. The van der Waals surface area contributed by atoms with Crippen LogP contribution in [0.25, 0.3) is 0 Å². The fraction of sp³-hybridized carbons (Fsp3) is 0.727. The summed E-state index contributed by atoms with van der Waals surface area (Å²) in [6.45, 7) is 7.45. The van der Waals surface area contributed by atoms with Crippen molar-refractivity contribution in [2.75, 3.05) is 13.7 Å². The minimum absolute atomic E-state index is 0.143. The average Bonchev–Trinajstić information content (AvgIpc) is 2.46. The van der Waals surface area contributed by atoms with Gasteiger partial charge in [0.05, 0.1) is 13.0 Å². The van der Waals surface area contributed by atoms with Crippen LogP contribution < -0.4 is 5.32 Å². The Kier molecular flexibility index (Phi) is 5.64. The summed E-state index contributed by atoms with van der Waals surface area (Å²) in [5.74, 6) is -0.912. The number of hydrogen-bond acceptors (Lipinski definition) is 4. The van der Waals surface area contributed by atoms with Gasteiger partial charge in [-0.05, 0) is 13.8 Å². The van der Waals surface area contributed by atoms with Crippen LogP contribution >= 0.6 is 0 Å². The fourth-order valence-corrected chi connectivity index (χ4v) is 1.46. The number of carbonyl (C=O) groups is 3. The second-order valence-corrected chi connectivity index (χ2v) is 3.61. The van der Waals surface area contributed by atoms with Crippen molar-refractivity contribution in [3.05, 3.63) is 0 Å². The molecule has 1 aliphatic rings. The summed E-state index contributed by atoms with van der Waals surface area (Å²) < 4.78 is 4.73. The van der Waals surface area contributed by atoms with Crippen molar-refractivity contribution in [1.29, 1.82) is 0 Å². The summed E-state index contributed by atoms with van der Waals surface area (Å²) in [5.41, 5.74) is -1.17. The lowest BCUT2D eigenvalue weighted by molar-refractivity contribution is -0.147. The zero-order valence-electron chi connectivity index (χ0n) is 11.0. The number of likely N-dealkylation sites (N-methyl/N-ethyl adjacent to an activating group) is 1. The van der Waals surface area contributed by atoms with Crippen molar-refractivity contribution in [2.24, 2.45) is 0 Å². The minimum Gasteiger partial charge on any atom is -0.466 e. The number of amides is 3. The molecule has 6 heteroatoms. The molecule has 1 atom stereocenters. The van der Waals surface area contributed by atoms with E-state index in [1.807, 2.05) is 13.8 Å². The molecule has 98 valence electrons. The standard InChI is InChI=1S/C9H14N2O4.C2H6/c1-4-15-6(12)5-9(2)7(13)11(3)8(14)10-9;1-2/h4-5H2,1-3H3,(H,10,14);1-2H3. The Labute approximate surface area is 101 Å².